The van der Waals surface area contributed by atoms with E-state index in [2.05, 4.69) is 34.3 Å². The highest BCUT2D eigenvalue weighted by atomic mass is 35.5. The number of anilines is 1. The van der Waals surface area contributed by atoms with Crippen LogP contribution in [0.5, 0.6) is 5.75 Å². The van der Waals surface area contributed by atoms with E-state index >= 15 is 0 Å². The van der Waals surface area contributed by atoms with Crippen molar-refractivity contribution < 1.29 is 9.53 Å². The van der Waals surface area contributed by atoms with E-state index in [9.17, 15) is 4.79 Å². The van der Waals surface area contributed by atoms with E-state index in [0.717, 1.165) is 33.8 Å². The third-order valence-electron chi connectivity index (χ3n) is 6.17. The highest BCUT2D eigenvalue weighted by Gasteiger charge is 2.33. The number of carbonyl (C=O) groups is 1. The van der Waals surface area contributed by atoms with Crippen LogP contribution < -0.4 is 10.1 Å². The number of hydrogen-bond acceptors (Lipinski definition) is 2. The van der Waals surface area contributed by atoms with Crippen molar-refractivity contribution in [3.8, 4) is 11.4 Å². The quantitative estimate of drug-likeness (QED) is 0.349. The molecule has 5 nitrogen and oxygen atoms in total. The minimum Gasteiger partial charge on any atom is -0.494 e. The van der Waals surface area contributed by atoms with Gasteiger partial charge in [-0.2, -0.15) is 0 Å². The van der Waals surface area contributed by atoms with E-state index in [1.54, 1.807) is 6.07 Å². The molecule has 0 saturated heterocycles. The summed E-state index contributed by atoms with van der Waals surface area (Å²) >= 11 is 6.22. The Morgan fingerprint density at radius 3 is 2.65 bits per heavy atom. The Hall–Kier alpha value is -3.70. The molecule has 1 unspecified atom stereocenters. The summed E-state index contributed by atoms with van der Waals surface area (Å²) in [6.07, 6.45) is 2.05. The van der Waals surface area contributed by atoms with Crippen molar-refractivity contribution in [2.75, 3.05) is 11.9 Å². The number of ether oxygens (including phenoxy) is 1. The topological polar surface area (TPSA) is 46.5 Å². The van der Waals surface area contributed by atoms with Crippen LogP contribution in [-0.4, -0.2) is 22.1 Å². The monoisotopic (exact) mass is 471 g/mol. The average molecular weight is 472 g/mol. The number of fused-ring (bicyclic) bond motifs is 3. The Morgan fingerprint density at radius 2 is 1.85 bits per heavy atom. The Labute approximate surface area is 204 Å². The van der Waals surface area contributed by atoms with Crippen molar-refractivity contribution >= 4 is 23.3 Å². The minimum atomic E-state index is -0.294. The smallest absolute Gasteiger partial charge is 0.322 e. The molecular weight excluding hydrogens is 446 g/mol. The molecule has 0 fully saturated rings. The van der Waals surface area contributed by atoms with Gasteiger partial charge in [0.25, 0.3) is 0 Å². The molecule has 4 aromatic rings. The van der Waals surface area contributed by atoms with Crippen LogP contribution in [0.4, 0.5) is 10.5 Å². The van der Waals surface area contributed by atoms with Crippen molar-refractivity contribution in [1.29, 1.82) is 0 Å². The fraction of sp³-hybridized carbons (Fsp3) is 0.179. The van der Waals surface area contributed by atoms with E-state index in [1.807, 2.05) is 73.3 Å². The largest absolute Gasteiger partial charge is 0.494 e. The predicted molar refractivity (Wildman–Crippen MR) is 136 cm³/mol. The van der Waals surface area contributed by atoms with Crippen LogP contribution in [0.2, 0.25) is 5.02 Å². The van der Waals surface area contributed by atoms with Crippen LogP contribution in [0.25, 0.3) is 5.69 Å². The molecule has 34 heavy (non-hydrogen) atoms. The molecule has 0 bridgehead atoms. The van der Waals surface area contributed by atoms with Gasteiger partial charge in [0.15, 0.2) is 0 Å². The lowest BCUT2D eigenvalue weighted by Gasteiger charge is -2.31. The van der Waals surface area contributed by atoms with E-state index in [0.29, 0.717) is 23.9 Å². The van der Waals surface area contributed by atoms with E-state index in [1.165, 1.54) is 0 Å². The van der Waals surface area contributed by atoms with Crippen molar-refractivity contribution in [1.82, 2.24) is 9.47 Å². The van der Waals surface area contributed by atoms with Gasteiger partial charge in [0.05, 0.1) is 24.9 Å². The number of hydrogen-bond donors (Lipinski definition) is 1. The Balaban J connectivity index is 1.61. The molecular formula is C28H26ClN3O2. The van der Waals surface area contributed by atoms with E-state index < -0.39 is 0 Å². The first-order chi connectivity index (χ1) is 16.5. The number of aromatic nitrogens is 1. The number of para-hydroxylation sites is 1. The van der Waals surface area contributed by atoms with Crippen LogP contribution in [0.1, 0.15) is 35.3 Å². The van der Waals surface area contributed by atoms with Gasteiger partial charge in [-0.3, -0.25) is 0 Å². The van der Waals surface area contributed by atoms with Crippen molar-refractivity contribution in [3.05, 3.63) is 112 Å². The number of rotatable bonds is 4. The summed E-state index contributed by atoms with van der Waals surface area (Å²) in [5.74, 6) is 0.809. The Morgan fingerprint density at radius 1 is 1.06 bits per heavy atom. The molecule has 0 spiro atoms. The Bertz CT molecular complexity index is 1330. The number of halogens is 1. The molecule has 1 aliphatic rings. The third-order valence-corrected chi connectivity index (χ3v) is 6.41. The summed E-state index contributed by atoms with van der Waals surface area (Å²) < 4.78 is 7.82. The summed E-state index contributed by atoms with van der Waals surface area (Å²) in [5, 5.41) is 3.68. The van der Waals surface area contributed by atoms with Crippen molar-refractivity contribution in [3.63, 3.8) is 0 Å². The zero-order valence-corrected chi connectivity index (χ0v) is 19.9. The fourth-order valence-electron chi connectivity index (χ4n) is 4.52. The lowest BCUT2D eigenvalue weighted by Crippen LogP contribution is -2.38. The normalized spacial score (nSPS) is 14.7. The molecule has 3 aromatic carbocycles. The minimum absolute atomic E-state index is 0.186. The van der Waals surface area contributed by atoms with Gasteiger partial charge in [0.1, 0.15) is 5.75 Å². The predicted octanol–water partition coefficient (Wildman–Crippen LogP) is 6.97. The summed E-state index contributed by atoms with van der Waals surface area (Å²) in [6, 6.07) is 25.3. The second-order valence-corrected chi connectivity index (χ2v) is 8.79. The molecule has 0 radical (unpaired) electrons. The highest BCUT2D eigenvalue weighted by Crippen LogP contribution is 2.37. The Kier molecular flexibility index (Phi) is 6.03. The number of nitrogens with zero attached hydrogens (tertiary/aromatic N) is 2. The first kappa shape index (κ1) is 22.1. The van der Waals surface area contributed by atoms with Crippen molar-refractivity contribution in [2.45, 2.75) is 26.4 Å². The number of urea groups is 1. The SMILES string of the molecule is CCOc1ccc(C2c3cccn3-c3ccccc3CN2C(=O)Nc2cc(Cl)ccc2C)cc1. The van der Waals surface area contributed by atoms with Gasteiger partial charge in [-0.05, 0) is 73.0 Å². The molecule has 2 heterocycles. The summed E-state index contributed by atoms with van der Waals surface area (Å²) in [7, 11) is 0. The lowest BCUT2D eigenvalue weighted by atomic mass is 10.0. The van der Waals surface area contributed by atoms with Gasteiger partial charge >= 0.3 is 6.03 Å². The summed E-state index contributed by atoms with van der Waals surface area (Å²) in [5.41, 5.74) is 5.84. The number of carbonyl (C=O) groups excluding carboxylic acids is 1. The third kappa shape index (κ3) is 4.15. The van der Waals surface area contributed by atoms with Gasteiger partial charge in [0.2, 0.25) is 0 Å². The molecule has 0 saturated carbocycles. The van der Waals surface area contributed by atoms with Gasteiger partial charge in [0, 0.05) is 22.6 Å². The number of aryl methyl sites for hydroxylation is 1. The molecule has 0 aliphatic carbocycles. The molecule has 2 amide bonds. The van der Waals surface area contributed by atoms with Gasteiger partial charge in [-0.15, -0.1) is 0 Å². The number of benzene rings is 3. The maximum Gasteiger partial charge on any atom is 0.322 e. The number of nitrogens with one attached hydrogen (secondary N) is 1. The van der Waals surface area contributed by atoms with Gasteiger partial charge in [-0.1, -0.05) is 48.0 Å². The first-order valence-electron chi connectivity index (χ1n) is 11.4. The maximum atomic E-state index is 13.8. The van der Waals surface area contributed by atoms with E-state index in [4.69, 9.17) is 16.3 Å². The van der Waals surface area contributed by atoms with Crippen LogP contribution in [-0.2, 0) is 6.54 Å². The highest BCUT2D eigenvalue weighted by molar-refractivity contribution is 6.31. The molecule has 1 aromatic heterocycles. The molecule has 1 atom stereocenters. The van der Waals surface area contributed by atoms with Crippen LogP contribution in [0.15, 0.2) is 85.1 Å². The second-order valence-electron chi connectivity index (χ2n) is 8.35. The van der Waals surface area contributed by atoms with Crippen LogP contribution in [0.3, 0.4) is 0 Å². The van der Waals surface area contributed by atoms with Crippen LogP contribution >= 0.6 is 11.6 Å². The molecule has 1 N–H and O–H groups in total. The van der Waals surface area contributed by atoms with Gasteiger partial charge < -0.3 is 19.5 Å². The number of amides is 2. The van der Waals surface area contributed by atoms with Crippen molar-refractivity contribution in [2.24, 2.45) is 0 Å². The standard InChI is InChI=1S/C28H26ClN3O2/c1-3-34-23-14-11-20(12-15-23)27-26-9-6-16-31(26)25-8-5-4-7-21(25)18-32(27)28(33)30-24-17-22(29)13-10-19(24)2/h4-17,27H,3,18H2,1-2H3,(H,30,33). The zero-order valence-electron chi connectivity index (χ0n) is 19.2. The van der Waals surface area contributed by atoms with Crippen LogP contribution in [0, 0.1) is 6.92 Å². The molecule has 5 rings (SSSR count). The molecule has 6 heteroatoms. The first-order valence-corrected chi connectivity index (χ1v) is 11.7. The zero-order chi connectivity index (χ0) is 23.7. The maximum absolute atomic E-state index is 13.8. The second kappa shape index (κ2) is 9.27. The fourth-order valence-corrected chi connectivity index (χ4v) is 4.69. The average Bonchev–Trinajstić information content (AvgIpc) is 3.26. The molecule has 1 aliphatic heterocycles. The van der Waals surface area contributed by atoms with Gasteiger partial charge in [-0.25, -0.2) is 4.79 Å². The molecule has 172 valence electrons. The van der Waals surface area contributed by atoms with E-state index in [-0.39, 0.29) is 12.1 Å². The summed E-state index contributed by atoms with van der Waals surface area (Å²) in [6.45, 7) is 4.99. The lowest BCUT2D eigenvalue weighted by molar-refractivity contribution is 0.194. The summed E-state index contributed by atoms with van der Waals surface area (Å²) in [4.78, 5) is 15.7.